The molecule has 18 heavy (non-hydrogen) atoms. The summed E-state index contributed by atoms with van der Waals surface area (Å²) in [4.78, 5) is 20.6. The molecule has 7 nitrogen and oxygen atoms in total. The fourth-order valence-electron chi connectivity index (χ4n) is 1.74. The lowest BCUT2D eigenvalue weighted by Crippen LogP contribution is -2.90. The van der Waals surface area contributed by atoms with Crippen molar-refractivity contribution in [3.63, 3.8) is 0 Å². The molecule has 0 amide bonds. The molecule has 1 aliphatic rings. The minimum Gasteiger partial charge on any atom is -0.868 e. The average molecular weight is 269 g/mol. The van der Waals surface area contributed by atoms with Gasteiger partial charge in [0, 0.05) is 11.6 Å². The van der Waals surface area contributed by atoms with Crippen LogP contribution in [0.4, 0.5) is 5.69 Å². The number of aliphatic carboxylic acids is 1. The summed E-state index contributed by atoms with van der Waals surface area (Å²) in [6.45, 7) is 0. The molecule has 1 aromatic rings. The Morgan fingerprint density at radius 2 is 2.22 bits per heavy atom. The van der Waals surface area contributed by atoms with E-state index in [0.717, 1.165) is 6.07 Å². The van der Waals surface area contributed by atoms with E-state index in [4.69, 9.17) is 0 Å². The van der Waals surface area contributed by atoms with Gasteiger partial charge in [0.1, 0.15) is 12.0 Å². The maximum Gasteiger partial charge on any atom is 0.262 e. The maximum atomic E-state index is 11.2. The summed E-state index contributed by atoms with van der Waals surface area (Å²) in [5, 5.41) is 33.9. The first-order chi connectivity index (χ1) is 8.49. The topological polar surface area (TPSA) is 123 Å². The van der Waals surface area contributed by atoms with Crippen molar-refractivity contribution in [2.45, 2.75) is 11.4 Å². The van der Waals surface area contributed by atoms with E-state index >= 15 is 0 Å². The van der Waals surface area contributed by atoms with Crippen LogP contribution in [0, 0.1) is 10.1 Å². The molecule has 2 N–H and O–H groups in total. The Kier molecular flexibility index (Phi) is 3.39. The number of nitro groups is 1. The zero-order chi connectivity index (χ0) is 13.3. The first kappa shape index (κ1) is 12.7. The lowest BCUT2D eigenvalue weighted by Gasteiger charge is -2.12. The van der Waals surface area contributed by atoms with Gasteiger partial charge in [-0.2, -0.15) is 0 Å². The number of carboxylic acids is 1. The molecule has 0 saturated carbocycles. The number of hydrogen-bond acceptors (Lipinski definition) is 6. The zero-order valence-corrected chi connectivity index (χ0v) is 9.88. The predicted molar refractivity (Wildman–Crippen MR) is 58.5 cm³/mol. The van der Waals surface area contributed by atoms with E-state index in [1.165, 1.54) is 23.9 Å². The molecule has 1 saturated heterocycles. The van der Waals surface area contributed by atoms with E-state index < -0.39 is 28.4 Å². The number of carbonyl (C=O) groups is 1. The second kappa shape index (κ2) is 4.83. The molecular weight excluding hydrogens is 260 g/mol. The largest absolute Gasteiger partial charge is 0.868 e. The van der Waals surface area contributed by atoms with Gasteiger partial charge in [-0.15, -0.1) is 0 Å². The van der Waals surface area contributed by atoms with Crippen LogP contribution >= 0.6 is 11.8 Å². The fraction of sp³-hybridized carbons (Fsp3) is 0.300. The number of hydrogen-bond donors (Lipinski definition) is 1. The molecule has 0 bridgehead atoms. The smallest absolute Gasteiger partial charge is 0.262 e. The van der Waals surface area contributed by atoms with Crippen LogP contribution in [-0.4, -0.2) is 22.7 Å². The summed E-state index contributed by atoms with van der Waals surface area (Å²) in [5.74, 6) is -1.43. The number of carbonyl (C=O) groups excluding carboxylic acids is 1. The number of quaternary nitrogens is 1. The highest BCUT2D eigenvalue weighted by atomic mass is 32.2. The molecule has 96 valence electrons. The molecule has 2 atom stereocenters. The van der Waals surface area contributed by atoms with Gasteiger partial charge in [-0.25, -0.2) is 0 Å². The van der Waals surface area contributed by atoms with Gasteiger partial charge in [-0.1, -0.05) is 23.9 Å². The van der Waals surface area contributed by atoms with Crippen molar-refractivity contribution in [3.05, 3.63) is 33.9 Å². The fourth-order valence-corrected chi connectivity index (χ4v) is 3.04. The second-order valence-electron chi connectivity index (χ2n) is 3.86. The minimum absolute atomic E-state index is 0.257. The summed E-state index contributed by atoms with van der Waals surface area (Å²) in [7, 11) is 0. The first-order valence-electron chi connectivity index (χ1n) is 5.12. The molecule has 0 radical (unpaired) electrons. The number of nitrogens with two attached hydrogens (primary N) is 1. The Balaban J connectivity index is 2.22. The SMILES string of the molecule is O=C([O-])[C@@H]1CS[C@H](c2ccc([O-])c([N+](=O)[O-])c2)[NH2+]1. The number of nitrogens with zero attached hydrogens (tertiary/aromatic N) is 1. The molecule has 1 aliphatic heterocycles. The third-order valence-electron chi connectivity index (χ3n) is 2.67. The Labute approximate surface area is 106 Å². The summed E-state index contributed by atoms with van der Waals surface area (Å²) in [6, 6.07) is 3.16. The molecule has 1 aromatic carbocycles. The summed E-state index contributed by atoms with van der Waals surface area (Å²) in [5.41, 5.74) is 0.0773. The highest BCUT2D eigenvalue weighted by molar-refractivity contribution is 7.99. The van der Waals surface area contributed by atoms with Crippen molar-refractivity contribution < 1.29 is 25.2 Å². The van der Waals surface area contributed by atoms with Crippen LogP contribution in [0.15, 0.2) is 18.2 Å². The molecule has 8 heteroatoms. The molecule has 0 spiro atoms. The Hall–Kier alpha value is -1.80. The Morgan fingerprint density at radius 1 is 1.50 bits per heavy atom. The molecule has 0 unspecified atom stereocenters. The second-order valence-corrected chi connectivity index (χ2v) is 5.03. The molecule has 0 aromatic heterocycles. The van der Waals surface area contributed by atoms with E-state index in [1.54, 1.807) is 5.32 Å². The van der Waals surface area contributed by atoms with Crippen LogP contribution in [0.1, 0.15) is 10.9 Å². The summed E-state index contributed by atoms with van der Waals surface area (Å²) in [6.07, 6.45) is 0. The number of benzene rings is 1. The van der Waals surface area contributed by atoms with Gasteiger partial charge < -0.3 is 20.3 Å². The van der Waals surface area contributed by atoms with Crippen molar-refractivity contribution in [1.29, 1.82) is 0 Å². The van der Waals surface area contributed by atoms with Crippen LogP contribution in [-0.2, 0) is 4.79 Å². The third-order valence-corrected chi connectivity index (χ3v) is 4.01. The van der Waals surface area contributed by atoms with E-state index in [2.05, 4.69) is 0 Å². The monoisotopic (exact) mass is 269 g/mol. The normalized spacial score (nSPS) is 22.9. The van der Waals surface area contributed by atoms with E-state index in [1.807, 2.05) is 0 Å². The summed E-state index contributed by atoms with van der Waals surface area (Å²) >= 11 is 1.36. The molecule has 2 rings (SSSR count). The van der Waals surface area contributed by atoms with Gasteiger partial charge in [-0.05, 0) is 5.75 Å². The number of carboxylic acid groups (broad SMARTS) is 1. The van der Waals surface area contributed by atoms with Crippen LogP contribution in [0.5, 0.6) is 5.75 Å². The van der Waals surface area contributed by atoms with Crippen molar-refractivity contribution in [2.75, 3.05) is 5.75 Å². The third kappa shape index (κ3) is 2.39. The molecule has 0 aliphatic carbocycles. The van der Waals surface area contributed by atoms with Crippen LogP contribution in [0.2, 0.25) is 0 Å². The molecule has 1 fully saturated rings. The van der Waals surface area contributed by atoms with Gasteiger partial charge in [0.05, 0.1) is 10.7 Å². The van der Waals surface area contributed by atoms with Crippen LogP contribution in [0.25, 0.3) is 0 Å². The van der Waals surface area contributed by atoms with Gasteiger partial charge in [-0.3, -0.25) is 10.1 Å². The number of thioether (sulfide) groups is 1. The Morgan fingerprint density at radius 3 is 2.78 bits per heavy atom. The highest BCUT2D eigenvalue weighted by Crippen LogP contribution is 2.32. The summed E-state index contributed by atoms with van der Waals surface area (Å²) < 4.78 is 0. The lowest BCUT2D eigenvalue weighted by molar-refractivity contribution is -0.690. The quantitative estimate of drug-likeness (QED) is 0.505. The standard InChI is InChI=1S/C10H10N2O5S/c13-8-2-1-5(3-7(8)12(16)17)9-11-6(4-18-9)10(14)15/h1-3,6,9,11,13H,4H2,(H,14,15)/p-1/t6-,9+/m0/s1. The molecular formula is C10H9N2O5S-. The highest BCUT2D eigenvalue weighted by Gasteiger charge is 2.31. The lowest BCUT2D eigenvalue weighted by atomic mass is 10.1. The van der Waals surface area contributed by atoms with E-state index in [0.29, 0.717) is 11.3 Å². The van der Waals surface area contributed by atoms with Crippen molar-refractivity contribution >= 4 is 23.4 Å². The van der Waals surface area contributed by atoms with E-state index in [9.17, 15) is 25.1 Å². The number of nitro benzene ring substituents is 1. The molecule has 1 heterocycles. The zero-order valence-electron chi connectivity index (χ0n) is 9.07. The van der Waals surface area contributed by atoms with Gasteiger partial charge >= 0.3 is 0 Å². The van der Waals surface area contributed by atoms with Crippen molar-refractivity contribution in [1.82, 2.24) is 0 Å². The van der Waals surface area contributed by atoms with Gasteiger partial charge in [0.25, 0.3) is 5.69 Å². The van der Waals surface area contributed by atoms with Crippen molar-refractivity contribution in [2.24, 2.45) is 0 Å². The minimum atomic E-state index is -1.15. The van der Waals surface area contributed by atoms with Crippen molar-refractivity contribution in [3.8, 4) is 5.75 Å². The van der Waals surface area contributed by atoms with Gasteiger partial charge in [0.15, 0.2) is 5.37 Å². The Bertz CT molecular complexity index is 507. The number of rotatable bonds is 3. The average Bonchev–Trinajstić information content (AvgIpc) is 2.78. The maximum absolute atomic E-state index is 11.2. The van der Waals surface area contributed by atoms with Crippen LogP contribution in [0.3, 0.4) is 0 Å². The van der Waals surface area contributed by atoms with Crippen LogP contribution < -0.4 is 15.5 Å². The van der Waals surface area contributed by atoms with Gasteiger partial charge in [0.2, 0.25) is 0 Å². The van der Waals surface area contributed by atoms with E-state index in [-0.39, 0.29) is 5.37 Å². The predicted octanol–water partition coefficient (Wildman–Crippen LogP) is -1.90. The first-order valence-corrected chi connectivity index (χ1v) is 6.16.